The van der Waals surface area contributed by atoms with E-state index in [-0.39, 0.29) is 47.2 Å². The molecule has 0 spiro atoms. The van der Waals surface area contributed by atoms with Crippen LogP contribution >= 0.6 is 0 Å². The van der Waals surface area contributed by atoms with Crippen molar-refractivity contribution >= 4 is 37.7 Å². The molecule has 0 heterocycles. The average molecular weight is 88.2 g/mol. The Bertz CT molecular complexity index is 11.5. The zero-order chi connectivity index (χ0) is 2.71. The standard InChI is InChI=1S/C2H6O.Ca.2H/c1-2-3;;;/h3H,2H2,1H3;;;/q;+2;2*-1. The van der Waals surface area contributed by atoms with Crippen LogP contribution in [0.25, 0.3) is 0 Å². The van der Waals surface area contributed by atoms with Gasteiger partial charge in [0.1, 0.15) is 0 Å². The first-order valence-electron chi connectivity index (χ1n) is 1.02. The third-order valence-corrected chi connectivity index (χ3v) is 0. The molecule has 0 aliphatic rings. The second-order valence-corrected chi connectivity index (χ2v) is 0.316. The second-order valence-electron chi connectivity index (χ2n) is 0.316. The fourth-order valence-electron chi connectivity index (χ4n) is 0. The van der Waals surface area contributed by atoms with Crippen molar-refractivity contribution in [1.29, 1.82) is 0 Å². The van der Waals surface area contributed by atoms with Crippen molar-refractivity contribution in [1.82, 2.24) is 0 Å². The molecule has 4 heavy (non-hydrogen) atoms. The fourth-order valence-corrected chi connectivity index (χ4v) is 0. The Kier molecular flexibility index (Phi) is 19.9. The van der Waals surface area contributed by atoms with Crippen LogP contribution in [0, 0.1) is 0 Å². The van der Waals surface area contributed by atoms with Gasteiger partial charge in [0.15, 0.2) is 0 Å². The number of hydrogen-bond acceptors (Lipinski definition) is 1. The summed E-state index contributed by atoms with van der Waals surface area (Å²) in [5, 5.41) is 7.57. The fraction of sp³-hybridized carbons (Fsp3) is 1.00. The van der Waals surface area contributed by atoms with Gasteiger partial charge in [-0.1, -0.05) is 0 Å². The molecule has 0 aromatic carbocycles. The summed E-state index contributed by atoms with van der Waals surface area (Å²) in [6, 6.07) is 0. The molecule has 0 radical (unpaired) electrons. The van der Waals surface area contributed by atoms with Crippen molar-refractivity contribution in [2.24, 2.45) is 0 Å². The third kappa shape index (κ3) is 10.7. The van der Waals surface area contributed by atoms with E-state index in [1.54, 1.807) is 6.92 Å². The summed E-state index contributed by atoms with van der Waals surface area (Å²) < 4.78 is 0. The van der Waals surface area contributed by atoms with Crippen molar-refractivity contribution in [3.05, 3.63) is 0 Å². The predicted octanol–water partition coefficient (Wildman–Crippen LogP) is -0.157. The van der Waals surface area contributed by atoms with Crippen LogP contribution in [0.4, 0.5) is 0 Å². The quantitative estimate of drug-likeness (QED) is 0.408. The van der Waals surface area contributed by atoms with E-state index < -0.39 is 0 Å². The molecule has 1 nitrogen and oxygen atoms in total. The Morgan fingerprint density at radius 3 is 2.00 bits per heavy atom. The molecule has 0 unspecified atom stereocenters. The van der Waals surface area contributed by atoms with E-state index in [9.17, 15) is 0 Å². The summed E-state index contributed by atoms with van der Waals surface area (Å²) in [7, 11) is 0. The van der Waals surface area contributed by atoms with Crippen LogP contribution in [0.2, 0.25) is 0 Å². The van der Waals surface area contributed by atoms with Crippen LogP contribution in [0.1, 0.15) is 9.78 Å². The summed E-state index contributed by atoms with van der Waals surface area (Å²) in [6.45, 7) is 1.93. The van der Waals surface area contributed by atoms with Gasteiger partial charge in [-0.2, -0.15) is 0 Å². The van der Waals surface area contributed by atoms with Crippen LogP contribution in [0.5, 0.6) is 0 Å². The molecule has 24 valence electrons. The predicted molar refractivity (Wildman–Crippen MR) is 20.7 cm³/mol. The first-order chi connectivity index (χ1) is 1.41. The Hall–Kier alpha value is 1.22. The molecule has 0 aliphatic carbocycles. The van der Waals surface area contributed by atoms with E-state index >= 15 is 0 Å². The monoisotopic (exact) mass is 88.0 g/mol. The largest absolute Gasteiger partial charge is 2.00 e. The number of hydrogen-bond donors (Lipinski definition) is 1. The van der Waals surface area contributed by atoms with Gasteiger partial charge < -0.3 is 7.96 Å². The Morgan fingerprint density at radius 1 is 2.00 bits per heavy atom. The van der Waals surface area contributed by atoms with Gasteiger partial charge in [0.05, 0.1) is 0 Å². The molecule has 0 amide bonds. The molecule has 0 saturated heterocycles. The number of rotatable bonds is 0. The molecule has 0 fully saturated rings. The van der Waals surface area contributed by atoms with E-state index in [0.29, 0.717) is 0 Å². The van der Waals surface area contributed by atoms with Gasteiger partial charge in [-0.15, -0.1) is 0 Å². The molecule has 0 aromatic heterocycles. The summed E-state index contributed by atoms with van der Waals surface area (Å²) in [6.07, 6.45) is 0. The normalized spacial score (nSPS) is 4.50. The molecule has 1 N–H and O–H groups in total. The molecule has 0 bridgehead atoms. The van der Waals surface area contributed by atoms with Crippen LogP contribution in [-0.2, 0) is 0 Å². The third-order valence-electron chi connectivity index (χ3n) is 0. The molecule has 0 atom stereocenters. The summed E-state index contributed by atoms with van der Waals surface area (Å²) in [4.78, 5) is 0. The Balaban J connectivity index is -0.00000000667. The topological polar surface area (TPSA) is 20.2 Å². The van der Waals surface area contributed by atoms with Crippen molar-refractivity contribution in [2.45, 2.75) is 6.92 Å². The van der Waals surface area contributed by atoms with E-state index in [0.717, 1.165) is 0 Å². The summed E-state index contributed by atoms with van der Waals surface area (Å²) >= 11 is 0. The first-order valence-corrected chi connectivity index (χ1v) is 1.02. The van der Waals surface area contributed by atoms with Crippen LogP contribution in [-0.4, -0.2) is 49.5 Å². The van der Waals surface area contributed by atoms with Crippen molar-refractivity contribution in [3.8, 4) is 0 Å². The maximum absolute atomic E-state index is 7.57. The minimum absolute atomic E-state index is 0. The first kappa shape index (κ1) is 8.97. The van der Waals surface area contributed by atoms with Crippen LogP contribution in [0.3, 0.4) is 0 Å². The smallest absolute Gasteiger partial charge is 1.00 e. The van der Waals surface area contributed by atoms with Crippen molar-refractivity contribution in [3.63, 3.8) is 0 Å². The van der Waals surface area contributed by atoms with E-state index in [1.165, 1.54) is 0 Å². The minimum atomic E-state index is 0. The number of aliphatic hydroxyl groups is 1. The molecular weight excluding hydrogens is 80.1 g/mol. The van der Waals surface area contributed by atoms with E-state index in [4.69, 9.17) is 5.11 Å². The number of aliphatic hydroxyl groups excluding tert-OH is 1. The zero-order valence-electron chi connectivity index (χ0n) is 4.86. The molecule has 0 aromatic rings. The zero-order valence-corrected chi connectivity index (χ0v) is 5.07. The average Bonchev–Trinajstić information content (AvgIpc) is 0.918. The van der Waals surface area contributed by atoms with Gasteiger partial charge in [0.2, 0.25) is 0 Å². The van der Waals surface area contributed by atoms with Gasteiger partial charge in [-0.05, 0) is 6.92 Å². The van der Waals surface area contributed by atoms with Crippen LogP contribution < -0.4 is 0 Å². The molecule has 0 rings (SSSR count). The minimum Gasteiger partial charge on any atom is -1.00 e. The van der Waals surface area contributed by atoms with Gasteiger partial charge in [-0.3, -0.25) is 0 Å². The maximum Gasteiger partial charge on any atom is 2.00 e. The summed E-state index contributed by atoms with van der Waals surface area (Å²) in [5.41, 5.74) is 0. The Labute approximate surface area is 59.0 Å². The Morgan fingerprint density at radius 2 is 2.00 bits per heavy atom. The van der Waals surface area contributed by atoms with Gasteiger partial charge in [0.25, 0.3) is 0 Å². The molecular formula is C2H8CaO. The second kappa shape index (κ2) is 8.88. The van der Waals surface area contributed by atoms with Crippen molar-refractivity contribution < 1.29 is 7.96 Å². The molecule has 0 saturated carbocycles. The molecule has 2 heteroatoms. The summed E-state index contributed by atoms with van der Waals surface area (Å²) in [5.74, 6) is 0. The van der Waals surface area contributed by atoms with Crippen LogP contribution in [0.15, 0.2) is 0 Å². The van der Waals surface area contributed by atoms with E-state index in [1.807, 2.05) is 0 Å². The SMILES string of the molecule is CCO.[Ca+2].[H-].[H-]. The van der Waals surface area contributed by atoms with Gasteiger partial charge >= 0.3 is 37.7 Å². The maximum atomic E-state index is 7.57. The van der Waals surface area contributed by atoms with Crippen molar-refractivity contribution in [2.75, 3.05) is 6.61 Å². The van der Waals surface area contributed by atoms with Gasteiger partial charge in [-0.25, -0.2) is 0 Å². The van der Waals surface area contributed by atoms with E-state index in [2.05, 4.69) is 0 Å². The molecule has 0 aliphatic heterocycles. The van der Waals surface area contributed by atoms with Gasteiger partial charge in [0, 0.05) is 6.61 Å².